The summed E-state index contributed by atoms with van der Waals surface area (Å²) < 4.78 is 7.92. The van der Waals surface area contributed by atoms with Crippen LogP contribution in [0.2, 0.25) is 0 Å². The molecule has 2 aliphatic rings. The lowest BCUT2D eigenvalue weighted by atomic mass is 10.1. The monoisotopic (exact) mass is 362 g/mol. The van der Waals surface area contributed by atoms with E-state index in [0.29, 0.717) is 25.3 Å². The number of ether oxygens (including phenoxy) is 1. The molecule has 0 spiro atoms. The van der Waals surface area contributed by atoms with Crippen LogP contribution in [0.5, 0.6) is 0 Å². The molecule has 1 atom stereocenters. The Morgan fingerprint density at radius 3 is 2.96 bits per heavy atom. The van der Waals surface area contributed by atoms with Crippen molar-refractivity contribution in [1.82, 2.24) is 19.7 Å². The van der Waals surface area contributed by atoms with Gasteiger partial charge in [-0.1, -0.05) is 6.07 Å². The zero-order chi connectivity index (χ0) is 18.2. The predicted octanol–water partition coefficient (Wildman–Crippen LogP) is 3.06. The molecule has 2 aromatic heterocycles. The first kappa shape index (κ1) is 16.4. The summed E-state index contributed by atoms with van der Waals surface area (Å²) in [6.45, 7) is 2.60. The van der Waals surface area contributed by atoms with Gasteiger partial charge in [0.25, 0.3) is 5.91 Å². The molecule has 1 aliphatic heterocycles. The molecule has 0 radical (unpaired) electrons. The Hall–Kier alpha value is -2.73. The van der Waals surface area contributed by atoms with Gasteiger partial charge in [0.05, 0.1) is 30.4 Å². The molecule has 1 amide bonds. The van der Waals surface area contributed by atoms with E-state index < -0.39 is 0 Å². The number of benzene rings is 1. The van der Waals surface area contributed by atoms with Crippen molar-refractivity contribution < 1.29 is 9.53 Å². The summed E-state index contributed by atoms with van der Waals surface area (Å²) in [6.07, 6.45) is 6.12. The van der Waals surface area contributed by atoms with Gasteiger partial charge in [-0.2, -0.15) is 5.10 Å². The fourth-order valence-electron chi connectivity index (χ4n) is 3.71. The zero-order valence-electron chi connectivity index (χ0n) is 15.1. The molecule has 0 unspecified atom stereocenters. The van der Waals surface area contributed by atoms with E-state index in [0.717, 1.165) is 29.1 Å². The van der Waals surface area contributed by atoms with Gasteiger partial charge >= 0.3 is 0 Å². The lowest BCUT2D eigenvalue weighted by Crippen LogP contribution is -2.42. The van der Waals surface area contributed by atoms with Crippen LogP contribution in [0, 0.1) is 5.92 Å². The Kier molecular flexibility index (Phi) is 4.13. The maximum absolute atomic E-state index is 13.1. The molecule has 0 bridgehead atoms. The molecule has 0 N–H and O–H groups in total. The molecule has 0 saturated heterocycles. The highest BCUT2D eigenvalue weighted by Gasteiger charge is 2.30. The Labute approximate surface area is 157 Å². The maximum Gasteiger partial charge on any atom is 0.254 e. The van der Waals surface area contributed by atoms with E-state index in [2.05, 4.69) is 10.1 Å². The van der Waals surface area contributed by atoms with Crippen LogP contribution in [0.25, 0.3) is 10.9 Å². The molecule has 138 valence electrons. The summed E-state index contributed by atoms with van der Waals surface area (Å²) in [4.78, 5) is 19.4. The minimum Gasteiger partial charge on any atom is -0.379 e. The first-order chi connectivity index (χ1) is 13.3. The largest absolute Gasteiger partial charge is 0.379 e. The van der Waals surface area contributed by atoms with Crippen LogP contribution in [0.3, 0.4) is 0 Å². The minimum absolute atomic E-state index is 0.0420. The molecular weight excluding hydrogens is 340 g/mol. The SMILES string of the molecule is O=C(c1ccc2ncccc2c1)N1Cc2ccnn2[C@@H](COCC2CC2)C1. The molecule has 6 nitrogen and oxygen atoms in total. The van der Waals surface area contributed by atoms with Crippen molar-refractivity contribution in [3.8, 4) is 0 Å². The third-order valence-electron chi connectivity index (χ3n) is 5.38. The van der Waals surface area contributed by atoms with Gasteiger partial charge < -0.3 is 9.64 Å². The standard InChI is InChI=1S/C21H22N4O2/c26-21(17-5-6-20-16(10-17)2-1-8-22-20)24-11-18-7-9-23-25(18)19(12-24)14-27-13-15-3-4-15/h1-2,5-10,15,19H,3-4,11-14H2/t19-/m1/s1. The second kappa shape index (κ2) is 6.78. The number of pyridine rings is 1. The summed E-state index contributed by atoms with van der Waals surface area (Å²) in [6, 6.07) is 11.6. The Morgan fingerprint density at radius 1 is 1.15 bits per heavy atom. The average molecular weight is 362 g/mol. The number of amides is 1. The zero-order valence-corrected chi connectivity index (χ0v) is 15.1. The molecule has 6 heteroatoms. The lowest BCUT2D eigenvalue weighted by molar-refractivity contribution is 0.0467. The predicted molar refractivity (Wildman–Crippen MR) is 101 cm³/mol. The molecular formula is C21H22N4O2. The number of aromatic nitrogens is 3. The number of carbonyl (C=O) groups excluding carboxylic acids is 1. The summed E-state index contributed by atoms with van der Waals surface area (Å²) in [5, 5.41) is 5.43. The smallest absolute Gasteiger partial charge is 0.254 e. The van der Waals surface area contributed by atoms with Crippen molar-refractivity contribution in [2.24, 2.45) is 5.92 Å². The molecule has 27 heavy (non-hydrogen) atoms. The van der Waals surface area contributed by atoms with Gasteiger partial charge in [-0.3, -0.25) is 14.5 Å². The second-order valence-electron chi connectivity index (χ2n) is 7.50. The molecule has 1 aromatic carbocycles. The normalized spacial score (nSPS) is 19.3. The van der Waals surface area contributed by atoms with Crippen molar-refractivity contribution in [3.63, 3.8) is 0 Å². The Morgan fingerprint density at radius 2 is 2.07 bits per heavy atom. The van der Waals surface area contributed by atoms with E-state index in [1.165, 1.54) is 12.8 Å². The highest BCUT2D eigenvalue weighted by Crippen LogP contribution is 2.30. The van der Waals surface area contributed by atoms with Crippen molar-refractivity contribution >= 4 is 16.8 Å². The molecule has 3 aromatic rings. The fourth-order valence-corrected chi connectivity index (χ4v) is 3.71. The van der Waals surface area contributed by atoms with Gasteiger partial charge in [0.1, 0.15) is 0 Å². The highest BCUT2D eigenvalue weighted by atomic mass is 16.5. The molecule has 3 heterocycles. The van der Waals surface area contributed by atoms with Gasteiger partial charge in [0.2, 0.25) is 0 Å². The van der Waals surface area contributed by atoms with E-state index in [-0.39, 0.29) is 11.9 Å². The lowest BCUT2D eigenvalue weighted by Gasteiger charge is -2.34. The number of rotatable bonds is 5. The first-order valence-corrected chi connectivity index (χ1v) is 9.52. The quantitative estimate of drug-likeness (QED) is 0.700. The van der Waals surface area contributed by atoms with Gasteiger partial charge in [0.15, 0.2) is 0 Å². The molecule has 1 fully saturated rings. The van der Waals surface area contributed by atoms with Crippen molar-refractivity contribution in [1.29, 1.82) is 0 Å². The summed E-state index contributed by atoms with van der Waals surface area (Å²) >= 11 is 0. The molecule has 1 aliphatic carbocycles. The number of hydrogen-bond donors (Lipinski definition) is 0. The van der Waals surface area contributed by atoms with E-state index in [9.17, 15) is 4.79 Å². The first-order valence-electron chi connectivity index (χ1n) is 9.52. The van der Waals surface area contributed by atoms with Gasteiger partial charge in [-0.15, -0.1) is 0 Å². The molecule has 5 rings (SSSR count). The summed E-state index contributed by atoms with van der Waals surface area (Å²) in [7, 11) is 0. The number of hydrogen-bond acceptors (Lipinski definition) is 4. The van der Waals surface area contributed by atoms with Crippen molar-refractivity contribution in [3.05, 3.63) is 60.0 Å². The van der Waals surface area contributed by atoms with Crippen LogP contribution in [0.4, 0.5) is 0 Å². The topological polar surface area (TPSA) is 60.2 Å². The third kappa shape index (κ3) is 3.32. The van der Waals surface area contributed by atoms with Crippen molar-refractivity contribution in [2.75, 3.05) is 19.8 Å². The van der Waals surface area contributed by atoms with E-state index >= 15 is 0 Å². The van der Waals surface area contributed by atoms with Gasteiger partial charge in [-0.05, 0) is 49.1 Å². The highest BCUT2D eigenvalue weighted by molar-refractivity contribution is 5.98. The third-order valence-corrected chi connectivity index (χ3v) is 5.38. The van der Waals surface area contributed by atoms with Crippen LogP contribution in [0.15, 0.2) is 48.8 Å². The van der Waals surface area contributed by atoms with Crippen LogP contribution in [-0.4, -0.2) is 45.3 Å². The fraction of sp³-hybridized carbons (Fsp3) is 0.381. The van der Waals surface area contributed by atoms with Crippen molar-refractivity contribution in [2.45, 2.75) is 25.4 Å². The number of nitrogens with zero attached hydrogens (tertiary/aromatic N) is 4. The molecule has 1 saturated carbocycles. The Balaban J connectivity index is 1.36. The average Bonchev–Trinajstić information content (AvgIpc) is 3.40. The van der Waals surface area contributed by atoms with Crippen LogP contribution >= 0.6 is 0 Å². The maximum atomic E-state index is 13.1. The summed E-state index contributed by atoms with van der Waals surface area (Å²) in [5.74, 6) is 0.773. The number of fused-ring (bicyclic) bond motifs is 2. The summed E-state index contributed by atoms with van der Waals surface area (Å²) in [5.41, 5.74) is 2.65. The minimum atomic E-state index is 0.0420. The van der Waals surface area contributed by atoms with Gasteiger partial charge in [-0.25, -0.2) is 0 Å². The second-order valence-corrected chi connectivity index (χ2v) is 7.50. The van der Waals surface area contributed by atoms with E-state index in [1.807, 2.05) is 46.0 Å². The van der Waals surface area contributed by atoms with E-state index in [1.54, 1.807) is 12.4 Å². The van der Waals surface area contributed by atoms with Crippen LogP contribution in [0.1, 0.15) is 34.9 Å². The van der Waals surface area contributed by atoms with Crippen LogP contribution < -0.4 is 0 Å². The van der Waals surface area contributed by atoms with Crippen LogP contribution in [-0.2, 0) is 11.3 Å². The van der Waals surface area contributed by atoms with Gasteiger partial charge in [0, 0.05) is 36.5 Å². The number of carbonyl (C=O) groups is 1. The Bertz CT molecular complexity index is 979. The van der Waals surface area contributed by atoms with E-state index in [4.69, 9.17) is 4.74 Å².